The Morgan fingerprint density at radius 1 is 1.12 bits per heavy atom. The maximum atomic E-state index is 5.11. The quantitative estimate of drug-likeness (QED) is 0.666. The van der Waals surface area contributed by atoms with Crippen LogP contribution in [0.15, 0.2) is 42.6 Å². The van der Waals surface area contributed by atoms with E-state index in [1.54, 1.807) is 13.3 Å². The van der Waals surface area contributed by atoms with Crippen LogP contribution in [0.4, 0.5) is 0 Å². The van der Waals surface area contributed by atoms with E-state index in [9.17, 15) is 0 Å². The van der Waals surface area contributed by atoms with Crippen molar-refractivity contribution in [1.29, 1.82) is 0 Å². The van der Waals surface area contributed by atoms with Gasteiger partial charge < -0.3 is 9.64 Å². The van der Waals surface area contributed by atoms with Gasteiger partial charge in [0.05, 0.1) is 12.6 Å². The second kappa shape index (κ2) is 7.01. The van der Waals surface area contributed by atoms with Crippen molar-refractivity contribution in [3.63, 3.8) is 0 Å². The number of pyridine rings is 1. The van der Waals surface area contributed by atoms with Crippen LogP contribution >= 0.6 is 0 Å². The van der Waals surface area contributed by atoms with Gasteiger partial charge in [-0.05, 0) is 49.4 Å². The van der Waals surface area contributed by atoms with Crippen molar-refractivity contribution < 1.29 is 4.74 Å². The van der Waals surface area contributed by atoms with E-state index >= 15 is 0 Å². The molecule has 1 aliphatic rings. The van der Waals surface area contributed by atoms with Crippen LogP contribution in [0.1, 0.15) is 25.5 Å². The largest absolute Gasteiger partial charge is 0.481 e. The van der Waals surface area contributed by atoms with E-state index in [0.29, 0.717) is 17.6 Å². The maximum absolute atomic E-state index is 5.11. The fourth-order valence-corrected chi connectivity index (χ4v) is 3.18. The normalized spacial score (nSPS) is 16.4. The van der Waals surface area contributed by atoms with Crippen molar-refractivity contribution in [2.45, 2.75) is 25.8 Å². The molecular weight excluding hydrogens is 324 g/mol. The molecule has 1 aliphatic heterocycles. The van der Waals surface area contributed by atoms with Crippen LogP contribution in [0.25, 0.3) is 22.0 Å². The molecule has 0 bridgehead atoms. The average Bonchev–Trinajstić information content (AvgIpc) is 3.10. The van der Waals surface area contributed by atoms with Gasteiger partial charge in [0.15, 0.2) is 0 Å². The molecule has 26 heavy (non-hydrogen) atoms. The highest BCUT2D eigenvalue weighted by Gasteiger charge is 2.16. The lowest BCUT2D eigenvalue weighted by Crippen LogP contribution is -2.20. The highest BCUT2D eigenvalue weighted by atomic mass is 16.5. The van der Waals surface area contributed by atoms with E-state index in [1.165, 1.54) is 12.8 Å². The van der Waals surface area contributed by atoms with Crippen molar-refractivity contribution in [3.8, 4) is 29.0 Å². The minimum atomic E-state index is 0.525. The molecule has 3 heterocycles. The summed E-state index contributed by atoms with van der Waals surface area (Å²) < 4.78 is 5.11. The zero-order valence-corrected chi connectivity index (χ0v) is 14.9. The molecule has 5 heteroatoms. The molecule has 1 atom stereocenters. The summed E-state index contributed by atoms with van der Waals surface area (Å²) in [5.74, 6) is 3.75. The highest BCUT2D eigenvalue weighted by molar-refractivity contribution is 5.84. The Balaban J connectivity index is 1.60. The first-order valence-corrected chi connectivity index (χ1v) is 8.79. The van der Waals surface area contributed by atoms with E-state index in [0.717, 1.165) is 28.6 Å². The molecule has 1 fully saturated rings. The molecule has 1 saturated heterocycles. The van der Waals surface area contributed by atoms with Gasteiger partial charge in [-0.15, -0.1) is 10.2 Å². The van der Waals surface area contributed by atoms with Gasteiger partial charge in [-0.3, -0.25) is 0 Å². The first-order valence-electron chi connectivity index (χ1n) is 8.79. The molecule has 0 radical (unpaired) electrons. The lowest BCUT2D eigenvalue weighted by atomic mass is 10.1. The zero-order chi connectivity index (χ0) is 17.9. The lowest BCUT2D eigenvalue weighted by Gasteiger charge is -2.14. The van der Waals surface area contributed by atoms with E-state index in [4.69, 9.17) is 4.74 Å². The first-order chi connectivity index (χ1) is 12.7. The molecule has 2 aromatic heterocycles. The van der Waals surface area contributed by atoms with Crippen molar-refractivity contribution in [3.05, 3.63) is 48.3 Å². The number of nitrogens with zero attached hydrogens (tertiary/aromatic N) is 4. The van der Waals surface area contributed by atoms with Gasteiger partial charge in [-0.2, -0.15) is 0 Å². The highest BCUT2D eigenvalue weighted by Crippen LogP contribution is 2.24. The minimum Gasteiger partial charge on any atom is -0.481 e. The van der Waals surface area contributed by atoms with Crippen LogP contribution in [0.3, 0.4) is 0 Å². The molecule has 0 saturated carbocycles. The Bertz CT molecular complexity index is 988. The number of methoxy groups -OCH3 is 1. The van der Waals surface area contributed by atoms with Crippen LogP contribution in [0.2, 0.25) is 0 Å². The third-order valence-corrected chi connectivity index (χ3v) is 4.75. The summed E-state index contributed by atoms with van der Waals surface area (Å²) >= 11 is 0. The first kappa shape index (κ1) is 16.3. The van der Waals surface area contributed by atoms with Crippen LogP contribution in [0, 0.1) is 12.0 Å². The number of likely N-dealkylation sites (tertiary alicyclic amines) is 1. The number of hydrogen-bond donors (Lipinski definition) is 0. The van der Waals surface area contributed by atoms with E-state index in [-0.39, 0.29) is 0 Å². The third-order valence-electron chi connectivity index (χ3n) is 4.75. The van der Waals surface area contributed by atoms with Crippen LogP contribution < -0.4 is 4.74 Å². The van der Waals surface area contributed by atoms with Crippen LogP contribution in [-0.4, -0.2) is 39.8 Å². The van der Waals surface area contributed by atoms with E-state index < -0.39 is 0 Å². The summed E-state index contributed by atoms with van der Waals surface area (Å²) in [5, 5.41) is 9.65. The smallest absolute Gasteiger partial charge is 0.212 e. The molecule has 0 amide bonds. The van der Waals surface area contributed by atoms with Crippen LogP contribution in [-0.2, 0) is 0 Å². The van der Waals surface area contributed by atoms with Gasteiger partial charge in [0.2, 0.25) is 5.88 Å². The van der Waals surface area contributed by atoms with Crippen molar-refractivity contribution in [1.82, 2.24) is 20.1 Å². The number of ether oxygens (including phenoxy) is 1. The summed E-state index contributed by atoms with van der Waals surface area (Å²) in [6.45, 7) is 3.25. The summed E-state index contributed by atoms with van der Waals surface area (Å²) in [5.41, 5.74) is 3.61. The Hall–Kier alpha value is -3.13. The molecule has 0 unspecified atom stereocenters. The predicted molar refractivity (Wildman–Crippen MR) is 102 cm³/mol. The molecule has 4 rings (SSSR count). The van der Waals surface area contributed by atoms with Gasteiger partial charge in [-0.1, -0.05) is 12.1 Å². The van der Waals surface area contributed by atoms with Crippen molar-refractivity contribution >= 4 is 10.9 Å². The monoisotopic (exact) mass is 344 g/mol. The molecule has 1 aromatic carbocycles. The van der Waals surface area contributed by atoms with E-state index in [1.807, 2.05) is 30.3 Å². The number of aromatic nitrogens is 3. The Morgan fingerprint density at radius 3 is 2.73 bits per heavy atom. The van der Waals surface area contributed by atoms with Gasteiger partial charge in [-0.25, -0.2) is 4.98 Å². The standard InChI is InChI=1S/C21H20N4O/c1-15-4-3-10-25(15)11-9-19-12-17-6-5-16(13-20(17)24-23-19)18-7-8-21(26-2)22-14-18/h5-8,12-15H,3-4,10H2,1-2H3/t15-/m1/s1. The SMILES string of the molecule is COc1ccc(-c2ccc3cc(C#CN4CCC[C@H]4C)nnc3c2)cn1. The van der Waals surface area contributed by atoms with Gasteiger partial charge in [0.25, 0.3) is 0 Å². The molecule has 130 valence electrons. The van der Waals surface area contributed by atoms with E-state index in [2.05, 4.69) is 45.0 Å². The average molecular weight is 344 g/mol. The fraction of sp³-hybridized carbons (Fsp3) is 0.286. The topological polar surface area (TPSA) is 51.1 Å². The molecule has 0 spiro atoms. The minimum absolute atomic E-state index is 0.525. The second-order valence-corrected chi connectivity index (χ2v) is 6.51. The lowest BCUT2D eigenvalue weighted by molar-refractivity contribution is 0.395. The van der Waals surface area contributed by atoms with Crippen molar-refractivity contribution in [2.75, 3.05) is 13.7 Å². The zero-order valence-electron chi connectivity index (χ0n) is 14.9. The Labute approximate surface area is 153 Å². The van der Waals surface area contributed by atoms with Gasteiger partial charge in [0.1, 0.15) is 5.69 Å². The summed E-state index contributed by atoms with van der Waals surface area (Å²) in [6, 6.07) is 15.7. The Morgan fingerprint density at radius 2 is 2.00 bits per heavy atom. The number of fused-ring (bicyclic) bond motifs is 1. The summed E-state index contributed by atoms with van der Waals surface area (Å²) in [6.07, 6.45) is 4.22. The molecular formula is C21H20N4O. The molecule has 0 N–H and O–H groups in total. The van der Waals surface area contributed by atoms with Crippen LogP contribution in [0.5, 0.6) is 5.88 Å². The number of rotatable bonds is 2. The summed E-state index contributed by atoms with van der Waals surface area (Å²) in [7, 11) is 1.61. The maximum Gasteiger partial charge on any atom is 0.212 e. The predicted octanol–water partition coefficient (Wildman–Crippen LogP) is 3.49. The van der Waals surface area contributed by atoms with Gasteiger partial charge >= 0.3 is 0 Å². The summed E-state index contributed by atoms with van der Waals surface area (Å²) in [4.78, 5) is 6.44. The van der Waals surface area contributed by atoms with Crippen molar-refractivity contribution in [2.24, 2.45) is 0 Å². The molecule has 5 nitrogen and oxygen atoms in total. The number of benzene rings is 1. The Kier molecular flexibility index (Phi) is 4.40. The number of hydrogen-bond acceptors (Lipinski definition) is 5. The molecule has 3 aromatic rings. The second-order valence-electron chi connectivity index (χ2n) is 6.51. The third kappa shape index (κ3) is 3.31. The van der Waals surface area contributed by atoms with Gasteiger partial charge in [0, 0.05) is 41.8 Å². The molecule has 0 aliphatic carbocycles. The fourth-order valence-electron chi connectivity index (χ4n) is 3.18.